The molecule has 1 aromatic heterocycles. The van der Waals surface area contributed by atoms with E-state index in [4.69, 9.17) is 4.98 Å². The zero-order valence-electron chi connectivity index (χ0n) is 14.1. The van der Waals surface area contributed by atoms with E-state index in [0.29, 0.717) is 5.69 Å². The van der Waals surface area contributed by atoms with Gasteiger partial charge in [-0.2, -0.15) is 0 Å². The summed E-state index contributed by atoms with van der Waals surface area (Å²) in [5.74, 6) is 0.919. The SMILES string of the molecule is CC(C)(C)c1nc2ccccc2n1CC(=O)Nc1ccc(O)cc1. The molecule has 0 saturated heterocycles. The minimum absolute atomic E-state index is 0.130. The van der Waals surface area contributed by atoms with E-state index in [2.05, 4.69) is 26.1 Å². The normalized spacial score (nSPS) is 11.6. The number of fused-ring (bicyclic) bond motifs is 1. The van der Waals surface area contributed by atoms with Gasteiger partial charge in [0.05, 0.1) is 11.0 Å². The largest absolute Gasteiger partial charge is 0.508 e. The Balaban J connectivity index is 1.91. The fraction of sp³-hybridized carbons (Fsp3) is 0.263. The summed E-state index contributed by atoms with van der Waals surface area (Å²) in [6.45, 7) is 6.45. The molecule has 24 heavy (non-hydrogen) atoms. The van der Waals surface area contributed by atoms with E-state index in [0.717, 1.165) is 16.9 Å². The summed E-state index contributed by atoms with van der Waals surface area (Å²) in [4.78, 5) is 17.2. The highest BCUT2D eigenvalue weighted by molar-refractivity contribution is 5.91. The second kappa shape index (κ2) is 6.00. The van der Waals surface area contributed by atoms with Crippen LogP contribution in [0.3, 0.4) is 0 Å². The molecule has 5 nitrogen and oxygen atoms in total. The highest BCUT2D eigenvalue weighted by atomic mass is 16.3. The Morgan fingerprint density at radius 3 is 2.46 bits per heavy atom. The zero-order valence-corrected chi connectivity index (χ0v) is 14.1. The minimum Gasteiger partial charge on any atom is -0.508 e. The molecule has 124 valence electrons. The fourth-order valence-corrected chi connectivity index (χ4v) is 2.70. The number of rotatable bonds is 3. The molecule has 2 N–H and O–H groups in total. The Labute approximate surface area is 141 Å². The lowest BCUT2D eigenvalue weighted by atomic mass is 9.95. The van der Waals surface area contributed by atoms with Gasteiger partial charge in [0, 0.05) is 11.1 Å². The van der Waals surface area contributed by atoms with Gasteiger partial charge in [0.1, 0.15) is 18.1 Å². The van der Waals surface area contributed by atoms with E-state index in [1.54, 1.807) is 24.3 Å². The van der Waals surface area contributed by atoms with Crippen molar-refractivity contribution in [3.05, 3.63) is 54.4 Å². The average Bonchev–Trinajstić information content (AvgIpc) is 2.89. The number of aromatic nitrogens is 2. The first-order valence-electron chi connectivity index (χ1n) is 7.89. The number of hydrogen-bond donors (Lipinski definition) is 2. The lowest BCUT2D eigenvalue weighted by Gasteiger charge is -2.20. The Hall–Kier alpha value is -2.82. The van der Waals surface area contributed by atoms with Crippen LogP contribution in [0, 0.1) is 0 Å². The van der Waals surface area contributed by atoms with Crippen molar-refractivity contribution in [2.24, 2.45) is 0 Å². The number of nitrogens with one attached hydrogen (secondary N) is 1. The molecule has 0 atom stereocenters. The van der Waals surface area contributed by atoms with Gasteiger partial charge in [0.25, 0.3) is 0 Å². The quantitative estimate of drug-likeness (QED) is 0.723. The second-order valence-corrected chi connectivity index (χ2v) is 6.86. The number of benzene rings is 2. The lowest BCUT2D eigenvalue weighted by molar-refractivity contribution is -0.116. The van der Waals surface area contributed by atoms with Gasteiger partial charge in [-0.15, -0.1) is 0 Å². The van der Waals surface area contributed by atoms with Gasteiger partial charge >= 0.3 is 0 Å². The van der Waals surface area contributed by atoms with E-state index < -0.39 is 0 Å². The number of anilines is 1. The molecule has 2 aromatic carbocycles. The van der Waals surface area contributed by atoms with Crippen LogP contribution in [0.5, 0.6) is 5.75 Å². The monoisotopic (exact) mass is 323 g/mol. The molecular weight excluding hydrogens is 302 g/mol. The number of nitrogens with zero attached hydrogens (tertiary/aromatic N) is 2. The van der Waals surface area contributed by atoms with Crippen molar-refractivity contribution in [3.8, 4) is 5.75 Å². The first kappa shape index (κ1) is 16.1. The molecule has 1 amide bonds. The Morgan fingerprint density at radius 2 is 1.79 bits per heavy atom. The van der Waals surface area contributed by atoms with E-state index >= 15 is 0 Å². The molecule has 0 aliphatic heterocycles. The number of phenols is 1. The predicted octanol–water partition coefficient (Wildman–Crippen LogP) is 3.68. The standard InChI is InChI=1S/C19H21N3O2/c1-19(2,3)18-21-15-6-4-5-7-16(15)22(18)12-17(24)20-13-8-10-14(23)11-9-13/h4-11,23H,12H2,1-3H3,(H,20,24). The van der Waals surface area contributed by atoms with Crippen LogP contribution in [0.2, 0.25) is 0 Å². The van der Waals surface area contributed by atoms with Crippen LogP contribution in [0.15, 0.2) is 48.5 Å². The van der Waals surface area contributed by atoms with Crippen molar-refractivity contribution in [2.75, 3.05) is 5.32 Å². The lowest BCUT2D eigenvalue weighted by Crippen LogP contribution is -2.25. The number of carbonyl (C=O) groups is 1. The van der Waals surface area contributed by atoms with Crippen molar-refractivity contribution in [3.63, 3.8) is 0 Å². The van der Waals surface area contributed by atoms with Gasteiger partial charge in [-0.05, 0) is 36.4 Å². The van der Waals surface area contributed by atoms with Gasteiger partial charge < -0.3 is 15.0 Å². The first-order chi connectivity index (χ1) is 11.3. The summed E-state index contributed by atoms with van der Waals surface area (Å²) in [5, 5.41) is 12.2. The van der Waals surface area contributed by atoms with Crippen LogP contribution in [-0.2, 0) is 16.8 Å². The molecule has 0 saturated carbocycles. The molecular formula is C19H21N3O2. The molecule has 0 bridgehead atoms. The van der Waals surface area contributed by atoms with E-state index in [1.807, 2.05) is 28.8 Å². The predicted molar refractivity (Wildman–Crippen MR) is 95.2 cm³/mol. The molecule has 0 fully saturated rings. The maximum Gasteiger partial charge on any atom is 0.244 e. The van der Waals surface area contributed by atoms with Crippen molar-refractivity contribution in [1.82, 2.24) is 9.55 Å². The van der Waals surface area contributed by atoms with Crippen LogP contribution in [-0.4, -0.2) is 20.6 Å². The Morgan fingerprint density at radius 1 is 1.12 bits per heavy atom. The van der Waals surface area contributed by atoms with Crippen LogP contribution in [0.1, 0.15) is 26.6 Å². The number of aromatic hydroxyl groups is 1. The maximum atomic E-state index is 12.5. The van der Waals surface area contributed by atoms with Crippen LogP contribution in [0.4, 0.5) is 5.69 Å². The third-order valence-electron chi connectivity index (χ3n) is 3.78. The van der Waals surface area contributed by atoms with Gasteiger partial charge in [-0.3, -0.25) is 4.79 Å². The van der Waals surface area contributed by atoms with E-state index in [9.17, 15) is 9.90 Å². The van der Waals surface area contributed by atoms with Crippen LogP contribution in [0.25, 0.3) is 11.0 Å². The van der Waals surface area contributed by atoms with E-state index in [-0.39, 0.29) is 23.6 Å². The second-order valence-electron chi connectivity index (χ2n) is 6.86. The molecule has 0 spiro atoms. The molecule has 0 unspecified atom stereocenters. The van der Waals surface area contributed by atoms with Crippen molar-refractivity contribution >= 4 is 22.6 Å². The summed E-state index contributed by atoms with van der Waals surface area (Å²) in [7, 11) is 0. The third-order valence-corrected chi connectivity index (χ3v) is 3.78. The molecule has 1 heterocycles. The molecule has 0 aliphatic rings. The maximum absolute atomic E-state index is 12.5. The summed E-state index contributed by atoms with van der Waals surface area (Å²) in [5.41, 5.74) is 2.32. The fourth-order valence-electron chi connectivity index (χ4n) is 2.70. The summed E-state index contributed by atoms with van der Waals surface area (Å²) in [6.07, 6.45) is 0. The van der Waals surface area contributed by atoms with Gasteiger partial charge in [-0.1, -0.05) is 32.9 Å². The molecule has 0 aliphatic carbocycles. The van der Waals surface area contributed by atoms with Crippen LogP contribution >= 0.6 is 0 Å². The summed E-state index contributed by atoms with van der Waals surface area (Å²) in [6, 6.07) is 14.3. The smallest absolute Gasteiger partial charge is 0.244 e. The molecule has 3 aromatic rings. The van der Waals surface area contributed by atoms with Crippen molar-refractivity contribution in [1.29, 1.82) is 0 Å². The molecule has 3 rings (SSSR count). The van der Waals surface area contributed by atoms with Gasteiger partial charge in [0.15, 0.2) is 0 Å². The zero-order chi connectivity index (χ0) is 17.3. The topological polar surface area (TPSA) is 67.2 Å². The van der Waals surface area contributed by atoms with E-state index in [1.165, 1.54) is 0 Å². The first-order valence-corrected chi connectivity index (χ1v) is 7.89. The number of hydrogen-bond acceptors (Lipinski definition) is 3. The average molecular weight is 323 g/mol. The minimum atomic E-state index is -0.169. The van der Waals surface area contributed by atoms with Crippen molar-refractivity contribution < 1.29 is 9.90 Å². The molecule has 0 radical (unpaired) electrons. The number of carbonyl (C=O) groups excluding carboxylic acids is 1. The van der Waals surface area contributed by atoms with Gasteiger partial charge in [0.2, 0.25) is 5.91 Å². The molecule has 5 heteroatoms. The highest BCUT2D eigenvalue weighted by Gasteiger charge is 2.23. The number of imidazole rings is 1. The number of amides is 1. The highest BCUT2D eigenvalue weighted by Crippen LogP contribution is 2.26. The third kappa shape index (κ3) is 3.25. The summed E-state index contributed by atoms with van der Waals surface area (Å²) >= 11 is 0. The van der Waals surface area contributed by atoms with Crippen LogP contribution < -0.4 is 5.32 Å². The number of phenolic OH excluding ortho intramolecular Hbond substituents is 1. The van der Waals surface area contributed by atoms with Crippen molar-refractivity contribution in [2.45, 2.75) is 32.7 Å². The Kier molecular flexibility index (Phi) is 4.01. The Bertz CT molecular complexity index is 874. The number of para-hydroxylation sites is 2. The summed E-state index contributed by atoms with van der Waals surface area (Å²) < 4.78 is 1.96. The van der Waals surface area contributed by atoms with Gasteiger partial charge in [-0.25, -0.2) is 4.98 Å².